The second kappa shape index (κ2) is 4.45. The first-order valence-electron chi connectivity index (χ1n) is 5.46. The Balaban J connectivity index is 2.23. The highest BCUT2D eigenvalue weighted by molar-refractivity contribution is 5.98. The smallest absolute Gasteiger partial charge is 0.229 e. The van der Waals surface area contributed by atoms with Crippen LogP contribution in [0.25, 0.3) is 0 Å². The van der Waals surface area contributed by atoms with Gasteiger partial charge in [0.15, 0.2) is 5.96 Å². The first kappa shape index (κ1) is 11.4. The summed E-state index contributed by atoms with van der Waals surface area (Å²) in [7, 11) is 3.97. The van der Waals surface area contributed by atoms with E-state index in [1.54, 1.807) is 0 Å². The Morgan fingerprint density at radius 3 is 2.53 bits per heavy atom. The van der Waals surface area contributed by atoms with E-state index < -0.39 is 0 Å². The molecule has 17 heavy (non-hydrogen) atoms. The Kier molecular flexibility index (Phi) is 2.99. The number of benzene rings is 1. The summed E-state index contributed by atoms with van der Waals surface area (Å²) >= 11 is 0. The fourth-order valence-corrected chi connectivity index (χ4v) is 1.80. The number of anilines is 1. The second-order valence-electron chi connectivity index (χ2n) is 4.27. The topological polar surface area (TPSA) is 70.7 Å². The van der Waals surface area contributed by atoms with Crippen LogP contribution in [0.5, 0.6) is 0 Å². The van der Waals surface area contributed by atoms with Gasteiger partial charge >= 0.3 is 0 Å². The second-order valence-corrected chi connectivity index (χ2v) is 4.27. The predicted octanol–water partition coefficient (Wildman–Crippen LogP) is 0.628. The Labute approximate surface area is 100 Å². The number of carbonyl (C=O) groups excluding carboxylic acids is 1. The van der Waals surface area contributed by atoms with E-state index in [-0.39, 0.29) is 17.9 Å². The fourth-order valence-electron chi connectivity index (χ4n) is 1.80. The lowest BCUT2D eigenvalue weighted by atomic mass is 10.0. The molecule has 2 rings (SSSR count). The van der Waals surface area contributed by atoms with Crippen LogP contribution >= 0.6 is 0 Å². The van der Waals surface area contributed by atoms with E-state index >= 15 is 0 Å². The molecule has 5 nitrogen and oxygen atoms in total. The molecule has 0 saturated heterocycles. The third-order valence-electron chi connectivity index (χ3n) is 2.74. The molecular weight excluding hydrogens is 216 g/mol. The van der Waals surface area contributed by atoms with Crippen molar-refractivity contribution < 1.29 is 4.79 Å². The molecule has 0 saturated carbocycles. The number of nitrogens with one attached hydrogen (secondary N) is 1. The first-order valence-corrected chi connectivity index (χ1v) is 5.46. The van der Waals surface area contributed by atoms with Gasteiger partial charge in [0.1, 0.15) is 0 Å². The summed E-state index contributed by atoms with van der Waals surface area (Å²) in [6.07, 6.45) is 0.349. The molecule has 1 aliphatic heterocycles. The third kappa shape index (κ3) is 2.55. The van der Waals surface area contributed by atoms with Crippen LogP contribution in [0.2, 0.25) is 0 Å². The molecule has 1 heterocycles. The molecule has 90 valence electrons. The quantitative estimate of drug-likeness (QED) is 0.785. The number of aliphatic imine (C=N–C) groups is 1. The number of rotatable bonds is 2. The molecule has 0 bridgehead atoms. The molecule has 1 aromatic rings. The van der Waals surface area contributed by atoms with Crippen LogP contribution in [0.15, 0.2) is 29.3 Å². The van der Waals surface area contributed by atoms with Crippen molar-refractivity contribution in [2.45, 2.75) is 12.5 Å². The summed E-state index contributed by atoms with van der Waals surface area (Å²) in [6.45, 7) is 0. The highest BCUT2D eigenvalue weighted by Gasteiger charge is 2.20. The van der Waals surface area contributed by atoms with Crippen molar-refractivity contribution in [3.8, 4) is 0 Å². The van der Waals surface area contributed by atoms with Crippen LogP contribution in [-0.2, 0) is 4.79 Å². The Hall–Kier alpha value is -2.04. The maximum Gasteiger partial charge on any atom is 0.229 e. The van der Waals surface area contributed by atoms with Gasteiger partial charge in [-0.15, -0.1) is 0 Å². The number of amides is 1. The normalized spacial score (nSPS) is 19.5. The van der Waals surface area contributed by atoms with Crippen LogP contribution in [-0.4, -0.2) is 26.0 Å². The van der Waals surface area contributed by atoms with E-state index in [9.17, 15) is 4.79 Å². The summed E-state index contributed by atoms with van der Waals surface area (Å²) in [6, 6.07) is 7.81. The summed E-state index contributed by atoms with van der Waals surface area (Å²) in [5.41, 5.74) is 7.67. The van der Waals surface area contributed by atoms with Gasteiger partial charge in [-0.05, 0) is 17.7 Å². The zero-order chi connectivity index (χ0) is 12.4. The van der Waals surface area contributed by atoms with Gasteiger partial charge in [0, 0.05) is 19.8 Å². The van der Waals surface area contributed by atoms with E-state index in [1.165, 1.54) is 0 Å². The van der Waals surface area contributed by atoms with Crippen LogP contribution in [0.4, 0.5) is 5.69 Å². The zero-order valence-corrected chi connectivity index (χ0v) is 9.97. The van der Waals surface area contributed by atoms with Crippen molar-refractivity contribution >= 4 is 17.6 Å². The molecule has 0 aromatic heterocycles. The van der Waals surface area contributed by atoms with E-state index in [2.05, 4.69) is 10.3 Å². The standard InChI is InChI=1S/C12H16N4O/c1-16(2)9-5-3-8(4-6-9)10-7-11(17)15-12(13)14-10/h3-6,10H,7H2,1-2H3,(H3,13,14,15,17)/t10-/m0/s1. The Morgan fingerprint density at radius 1 is 1.35 bits per heavy atom. The molecule has 0 aliphatic carbocycles. The average Bonchev–Trinajstić information content (AvgIpc) is 2.28. The number of guanidine groups is 1. The highest BCUT2D eigenvalue weighted by atomic mass is 16.1. The molecule has 0 radical (unpaired) electrons. The number of hydrogen-bond acceptors (Lipinski definition) is 4. The van der Waals surface area contributed by atoms with Crippen LogP contribution in [0.1, 0.15) is 18.0 Å². The van der Waals surface area contributed by atoms with Gasteiger partial charge < -0.3 is 10.6 Å². The lowest BCUT2D eigenvalue weighted by molar-refractivity contribution is -0.120. The molecule has 1 atom stereocenters. The summed E-state index contributed by atoms with van der Waals surface area (Å²) in [5, 5.41) is 2.49. The van der Waals surface area contributed by atoms with Crippen LogP contribution in [0.3, 0.4) is 0 Å². The SMILES string of the molecule is CN(C)c1ccc([C@@H]2CC(=O)NC(N)=N2)cc1. The number of nitrogens with zero attached hydrogens (tertiary/aromatic N) is 2. The van der Waals surface area contributed by atoms with Gasteiger partial charge in [-0.25, -0.2) is 4.99 Å². The van der Waals surface area contributed by atoms with E-state index in [1.807, 2.05) is 43.3 Å². The first-order chi connectivity index (χ1) is 8.06. The lowest BCUT2D eigenvalue weighted by Crippen LogP contribution is -2.41. The minimum atomic E-state index is -0.167. The molecule has 0 unspecified atom stereocenters. The monoisotopic (exact) mass is 232 g/mol. The van der Waals surface area contributed by atoms with Gasteiger partial charge in [-0.1, -0.05) is 12.1 Å². The Bertz CT molecular complexity index is 450. The van der Waals surface area contributed by atoms with Crippen molar-refractivity contribution in [1.29, 1.82) is 0 Å². The molecular formula is C12H16N4O. The number of nitrogens with two attached hydrogens (primary N) is 1. The lowest BCUT2D eigenvalue weighted by Gasteiger charge is -2.20. The summed E-state index contributed by atoms with van der Waals surface area (Å²) in [4.78, 5) is 17.6. The third-order valence-corrected chi connectivity index (χ3v) is 2.74. The van der Waals surface area contributed by atoms with E-state index in [4.69, 9.17) is 5.73 Å². The van der Waals surface area contributed by atoms with Gasteiger partial charge in [-0.3, -0.25) is 10.1 Å². The maximum atomic E-state index is 11.4. The van der Waals surface area contributed by atoms with Crippen LogP contribution in [0, 0.1) is 0 Å². The zero-order valence-electron chi connectivity index (χ0n) is 9.97. The summed E-state index contributed by atoms with van der Waals surface area (Å²) in [5.74, 6) is 0.113. The van der Waals surface area contributed by atoms with Gasteiger partial charge in [0.25, 0.3) is 0 Å². The highest BCUT2D eigenvalue weighted by Crippen LogP contribution is 2.25. The molecule has 3 N–H and O–H groups in total. The van der Waals surface area contributed by atoms with Gasteiger partial charge in [0.2, 0.25) is 5.91 Å². The van der Waals surface area contributed by atoms with Crippen molar-refractivity contribution in [1.82, 2.24) is 5.32 Å². The predicted molar refractivity (Wildman–Crippen MR) is 67.9 cm³/mol. The van der Waals surface area contributed by atoms with E-state index in [0.717, 1.165) is 11.3 Å². The molecule has 0 spiro atoms. The largest absolute Gasteiger partial charge is 0.378 e. The number of carbonyl (C=O) groups is 1. The van der Waals surface area contributed by atoms with Gasteiger partial charge in [0.05, 0.1) is 12.5 Å². The van der Waals surface area contributed by atoms with Crippen molar-refractivity contribution in [2.24, 2.45) is 10.7 Å². The van der Waals surface area contributed by atoms with Gasteiger partial charge in [-0.2, -0.15) is 0 Å². The molecule has 1 amide bonds. The summed E-state index contributed by atoms with van der Waals surface area (Å²) < 4.78 is 0. The fraction of sp³-hybridized carbons (Fsp3) is 0.333. The van der Waals surface area contributed by atoms with Crippen LogP contribution < -0.4 is 16.0 Å². The van der Waals surface area contributed by atoms with E-state index in [0.29, 0.717) is 6.42 Å². The van der Waals surface area contributed by atoms with Crippen molar-refractivity contribution in [3.63, 3.8) is 0 Å². The minimum Gasteiger partial charge on any atom is -0.378 e. The van der Waals surface area contributed by atoms with Crippen molar-refractivity contribution in [2.75, 3.05) is 19.0 Å². The number of hydrogen-bond donors (Lipinski definition) is 2. The molecule has 5 heteroatoms. The minimum absolute atomic E-state index is 0.0841. The Morgan fingerprint density at radius 2 is 2.00 bits per heavy atom. The molecule has 1 aromatic carbocycles. The maximum absolute atomic E-state index is 11.4. The molecule has 0 fully saturated rings. The van der Waals surface area contributed by atoms with Crippen molar-refractivity contribution in [3.05, 3.63) is 29.8 Å². The average molecular weight is 232 g/mol. The molecule has 1 aliphatic rings.